The van der Waals surface area contributed by atoms with E-state index in [0.29, 0.717) is 18.3 Å². The predicted molar refractivity (Wildman–Crippen MR) is 138 cm³/mol. The molecule has 0 saturated heterocycles. The molecule has 10 heteroatoms. The van der Waals surface area contributed by atoms with Gasteiger partial charge in [-0.15, -0.1) is 24.8 Å². The first-order valence-electron chi connectivity index (χ1n) is 11.4. The van der Waals surface area contributed by atoms with Crippen LogP contribution in [0.2, 0.25) is 0 Å². The smallest absolute Gasteiger partial charge is 0.289 e. The van der Waals surface area contributed by atoms with Crippen molar-refractivity contribution in [1.29, 1.82) is 5.41 Å². The molecular formula is C23H35Cl2N7O. The van der Waals surface area contributed by atoms with Crippen LogP contribution in [0.3, 0.4) is 0 Å². The molecule has 2 aliphatic rings. The molecule has 0 unspecified atom stereocenters. The fourth-order valence-corrected chi connectivity index (χ4v) is 4.84. The molecule has 1 aromatic heterocycles. The van der Waals surface area contributed by atoms with Crippen molar-refractivity contribution in [3.8, 4) is 0 Å². The summed E-state index contributed by atoms with van der Waals surface area (Å²) in [5, 5.41) is 18.2. The zero-order valence-corrected chi connectivity index (χ0v) is 20.7. The van der Waals surface area contributed by atoms with Crippen LogP contribution in [-0.4, -0.2) is 40.5 Å². The van der Waals surface area contributed by atoms with Crippen LogP contribution < -0.4 is 21.7 Å². The van der Waals surface area contributed by atoms with Gasteiger partial charge in [-0.25, -0.2) is 9.97 Å². The molecule has 0 bridgehead atoms. The lowest BCUT2D eigenvalue weighted by Crippen LogP contribution is -2.50. The summed E-state index contributed by atoms with van der Waals surface area (Å²) in [7, 11) is 0. The molecule has 6 N–H and O–H groups in total. The van der Waals surface area contributed by atoms with Gasteiger partial charge in [0.05, 0.1) is 5.52 Å². The van der Waals surface area contributed by atoms with E-state index < -0.39 is 0 Å². The largest absolute Gasteiger partial charge is 0.370 e. The Morgan fingerprint density at radius 1 is 1.06 bits per heavy atom. The number of hydrogen-bond donors (Lipinski definition) is 5. The number of guanidine groups is 1. The highest BCUT2D eigenvalue weighted by Gasteiger charge is 2.27. The maximum Gasteiger partial charge on any atom is 0.289 e. The number of amides is 1. The van der Waals surface area contributed by atoms with Crippen molar-refractivity contribution >= 4 is 53.4 Å². The lowest BCUT2D eigenvalue weighted by atomic mass is 9.90. The first-order valence-corrected chi connectivity index (χ1v) is 11.4. The summed E-state index contributed by atoms with van der Waals surface area (Å²) < 4.78 is 0. The number of aryl methyl sites for hydroxylation is 1. The van der Waals surface area contributed by atoms with Crippen LogP contribution in [-0.2, 0) is 0 Å². The minimum absolute atomic E-state index is 0. The number of nitrogens with one attached hydrogen (secondary N) is 4. The standard InChI is InChI=1S/C23H33N7O.2ClH/c1-14-10-11-17-16(12-14)20(28-18-8-4-5-9-19(18)29-23(24)25)30-21(27-17)22(31)26-13-15-6-2-3-7-15;;/h10-12,15,18-19H,2-9,13H2,1H3,(H,26,31)(H4,24,25,29)(H,27,28,30);2*1H/t18-,19+;;/m0../s1. The molecule has 0 spiro atoms. The molecule has 4 rings (SSSR count). The van der Waals surface area contributed by atoms with Gasteiger partial charge in [-0.3, -0.25) is 10.2 Å². The number of nitrogens with two attached hydrogens (primary N) is 1. The van der Waals surface area contributed by atoms with Gasteiger partial charge >= 0.3 is 0 Å². The molecule has 1 amide bonds. The van der Waals surface area contributed by atoms with Crippen LogP contribution in [0.15, 0.2) is 18.2 Å². The van der Waals surface area contributed by atoms with E-state index in [1.165, 1.54) is 25.7 Å². The number of fused-ring (bicyclic) bond motifs is 1. The SMILES string of the molecule is Cc1ccc2nc(C(=O)NCC3CCCC3)nc(N[C@H]3CCCC[C@H]3NC(=N)N)c2c1.Cl.Cl. The van der Waals surface area contributed by atoms with Gasteiger partial charge in [0, 0.05) is 24.0 Å². The summed E-state index contributed by atoms with van der Waals surface area (Å²) in [5.41, 5.74) is 7.47. The van der Waals surface area contributed by atoms with Crippen LogP contribution in [0.4, 0.5) is 5.82 Å². The van der Waals surface area contributed by atoms with Crippen molar-refractivity contribution in [2.45, 2.75) is 70.4 Å². The van der Waals surface area contributed by atoms with E-state index in [1.54, 1.807) is 0 Å². The van der Waals surface area contributed by atoms with Crippen molar-refractivity contribution in [2.24, 2.45) is 11.7 Å². The Bertz CT molecular complexity index is 965. The molecule has 2 aliphatic carbocycles. The fourth-order valence-electron chi connectivity index (χ4n) is 4.84. The number of aromatic nitrogens is 2. The molecule has 33 heavy (non-hydrogen) atoms. The molecule has 1 heterocycles. The number of nitrogens with zero attached hydrogens (tertiary/aromatic N) is 2. The zero-order chi connectivity index (χ0) is 21.8. The Morgan fingerprint density at radius 2 is 1.73 bits per heavy atom. The Hall–Kier alpha value is -2.32. The zero-order valence-electron chi connectivity index (χ0n) is 19.0. The number of carbonyl (C=O) groups excluding carboxylic acids is 1. The van der Waals surface area contributed by atoms with Gasteiger partial charge in [-0.1, -0.05) is 37.3 Å². The third-order valence-corrected chi connectivity index (χ3v) is 6.51. The van der Waals surface area contributed by atoms with Crippen molar-refractivity contribution < 1.29 is 4.79 Å². The average molecular weight is 496 g/mol. The third-order valence-electron chi connectivity index (χ3n) is 6.51. The van der Waals surface area contributed by atoms with Gasteiger partial charge in [0.15, 0.2) is 5.96 Å². The number of benzene rings is 1. The molecule has 0 radical (unpaired) electrons. The molecule has 2 aromatic rings. The lowest BCUT2D eigenvalue weighted by molar-refractivity contribution is 0.0937. The monoisotopic (exact) mass is 495 g/mol. The molecular weight excluding hydrogens is 461 g/mol. The van der Waals surface area contributed by atoms with Crippen molar-refractivity contribution in [2.75, 3.05) is 11.9 Å². The Morgan fingerprint density at radius 3 is 2.42 bits per heavy atom. The number of hydrogen-bond acceptors (Lipinski definition) is 5. The lowest BCUT2D eigenvalue weighted by Gasteiger charge is -2.33. The number of halogens is 2. The molecule has 1 aromatic carbocycles. The summed E-state index contributed by atoms with van der Waals surface area (Å²) >= 11 is 0. The number of rotatable bonds is 6. The van der Waals surface area contributed by atoms with E-state index in [9.17, 15) is 4.79 Å². The fraction of sp³-hybridized carbons (Fsp3) is 0.565. The second-order valence-corrected chi connectivity index (χ2v) is 8.98. The summed E-state index contributed by atoms with van der Waals surface area (Å²) in [6.45, 7) is 2.72. The van der Waals surface area contributed by atoms with E-state index in [4.69, 9.17) is 11.1 Å². The molecule has 2 fully saturated rings. The average Bonchev–Trinajstić information content (AvgIpc) is 3.27. The van der Waals surface area contributed by atoms with Crippen LogP contribution in [0, 0.1) is 18.3 Å². The van der Waals surface area contributed by atoms with Gasteiger partial charge in [-0.2, -0.15) is 0 Å². The highest BCUT2D eigenvalue weighted by Crippen LogP contribution is 2.27. The highest BCUT2D eigenvalue weighted by atomic mass is 35.5. The second-order valence-electron chi connectivity index (χ2n) is 8.98. The minimum Gasteiger partial charge on any atom is -0.370 e. The van der Waals surface area contributed by atoms with E-state index >= 15 is 0 Å². The second kappa shape index (κ2) is 12.2. The van der Waals surface area contributed by atoms with E-state index in [0.717, 1.165) is 42.1 Å². The predicted octanol–water partition coefficient (Wildman–Crippen LogP) is 3.91. The molecule has 0 aliphatic heterocycles. The van der Waals surface area contributed by atoms with Crippen LogP contribution >= 0.6 is 24.8 Å². The molecule has 2 atom stereocenters. The van der Waals surface area contributed by atoms with Gasteiger partial charge < -0.3 is 21.7 Å². The van der Waals surface area contributed by atoms with Crippen LogP contribution in [0.25, 0.3) is 10.9 Å². The quantitative estimate of drug-likeness (QED) is 0.305. The molecule has 182 valence electrons. The van der Waals surface area contributed by atoms with Crippen molar-refractivity contribution in [1.82, 2.24) is 20.6 Å². The Labute approximate surface area is 207 Å². The minimum atomic E-state index is -0.223. The number of carbonyl (C=O) groups is 1. The first kappa shape index (κ1) is 26.9. The highest BCUT2D eigenvalue weighted by molar-refractivity contribution is 5.96. The van der Waals surface area contributed by atoms with Crippen molar-refractivity contribution in [3.63, 3.8) is 0 Å². The summed E-state index contributed by atoms with van der Waals surface area (Å²) in [5.74, 6) is 1.18. The first-order chi connectivity index (χ1) is 15.0. The van der Waals surface area contributed by atoms with E-state index in [1.807, 2.05) is 25.1 Å². The van der Waals surface area contributed by atoms with E-state index in [-0.39, 0.29) is 54.6 Å². The maximum atomic E-state index is 12.8. The Kier molecular flexibility index (Phi) is 9.98. The van der Waals surface area contributed by atoms with Crippen molar-refractivity contribution in [3.05, 3.63) is 29.6 Å². The topological polar surface area (TPSA) is 129 Å². The molecule has 2 saturated carbocycles. The van der Waals surface area contributed by atoms with Crippen LogP contribution in [0.5, 0.6) is 0 Å². The summed E-state index contributed by atoms with van der Waals surface area (Å²) in [4.78, 5) is 22.0. The van der Waals surface area contributed by atoms with E-state index in [2.05, 4.69) is 25.9 Å². The van der Waals surface area contributed by atoms with Gasteiger partial charge in [0.25, 0.3) is 5.91 Å². The third kappa shape index (κ3) is 6.84. The summed E-state index contributed by atoms with van der Waals surface area (Å²) in [6, 6.07) is 6.12. The maximum absolute atomic E-state index is 12.8. The number of anilines is 1. The molecule has 8 nitrogen and oxygen atoms in total. The summed E-state index contributed by atoms with van der Waals surface area (Å²) in [6.07, 6.45) is 8.94. The van der Waals surface area contributed by atoms with Gasteiger partial charge in [0.2, 0.25) is 5.82 Å². The van der Waals surface area contributed by atoms with Gasteiger partial charge in [0.1, 0.15) is 5.82 Å². The Balaban J connectivity index is 0.00000193. The normalized spacial score (nSPS) is 20.4. The van der Waals surface area contributed by atoms with Gasteiger partial charge in [-0.05, 0) is 50.7 Å². The van der Waals surface area contributed by atoms with Crippen LogP contribution in [0.1, 0.15) is 67.5 Å².